The van der Waals surface area contributed by atoms with Gasteiger partial charge >= 0.3 is 5.97 Å². The first kappa shape index (κ1) is 14.9. The van der Waals surface area contributed by atoms with Gasteiger partial charge in [0.25, 0.3) is 0 Å². The number of ether oxygens (including phenoxy) is 1. The standard InChI is InChI=1S/C16H24N2O2/c1-12(11-18-15-5-3-2-4-6-15)20-16(19)13-7-9-14(17)10-8-13/h7-10,12,15,18H,2-6,11,17H2,1H3/t12-/m1/s1. The zero-order valence-corrected chi connectivity index (χ0v) is 12.1. The Labute approximate surface area is 120 Å². The summed E-state index contributed by atoms with van der Waals surface area (Å²) in [4.78, 5) is 11.9. The van der Waals surface area contributed by atoms with Gasteiger partial charge < -0.3 is 15.8 Å². The number of nitrogen functional groups attached to an aromatic ring is 1. The van der Waals surface area contributed by atoms with Crippen molar-refractivity contribution in [3.05, 3.63) is 29.8 Å². The van der Waals surface area contributed by atoms with Gasteiger partial charge in [0.15, 0.2) is 0 Å². The van der Waals surface area contributed by atoms with Gasteiger partial charge in [-0.05, 0) is 44.0 Å². The lowest BCUT2D eigenvalue weighted by atomic mass is 9.95. The van der Waals surface area contributed by atoms with Crippen LogP contribution < -0.4 is 11.1 Å². The highest BCUT2D eigenvalue weighted by atomic mass is 16.5. The lowest BCUT2D eigenvalue weighted by Crippen LogP contribution is -2.37. The first-order valence-corrected chi connectivity index (χ1v) is 7.45. The normalized spacial score (nSPS) is 17.6. The monoisotopic (exact) mass is 276 g/mol. The Kier molecular flexibility index (Phi) is 5.41. The molecule has 20 heavy (non-hydrogen) atoms. The van der Waals surface area contributed by atoms with E-state index >= 15 is 0 Å². The molecule has 110 valence electrons. The number of nitrogens with two attached hydrogens (primary N) is 1. The number of anilines is 1. The van der Waals surface area contributed by atoms with Gasteiger partial charge in [0.1, 0.15) is 6.10 Å². The number of benzene rings is 1. The third kappa shape index (κ3) is 4.53. The van der Waals surface area contributed by atoms with Gasteiger partial charge in [-0.1, -0.05) is 19.3 Å². The summed E-state index contributed by atoms with van der Waals surface area (Å²) >= 11 is 0. The minimum Gasteiger partial charge on any atom is -0.458 e. The summed E-state index contributed by atoms with van der Waals surface area (Å²) in [6.07, 6.45) is 6.30. The summed E-state index contributed by atoms with van der Waals surface area (Å²) in [5.41, 5.74) is 6.79. The van der Waals surface area contributed by atoms with Gasteiger partial charge in [-0.2, -0.15) is 0 Å². The number of carbonyl (C=O) groups excluding carboxylic acids is 1. The summed E-state index contributed by atoms with van der Waals surface area (Å²) in [7, 11) is 0. The van der Waals surface area contributed by atoms with Crippen molar-refractivity contribution >= 4 is 11.7 Å². The molecule has 2 rings (SSSR count). The molecular formula is C16H24N2O2. The Balaban J connectivity index is 1.74. The molecule has 0 amide bonds. The highest BCUT2D eigenvalue weighted by Crippen LogP contribution is 2.17. The lowest BCUT2D eigenvalue weighted by molar-refractivity contribution is 0.0334. The number of hydrogen-bond donors (Lipinski definition) is 2. The van der Waals surface area contributed by atoms with E-state index in [1.807, 2.05) is 6.92 Å². The Hall–Kier alpha value is -1.55. The molecule has 1 aromatic carbocycles. The molecule has 1 atom stereocenters. The molecule has 0 spiro atoms. The highest BCUT2D eigenvalue weighted by molar-refractivity contribution is 5.89. The summed E-state index contributed by atoms with van der Waals surface area (Å²) in [5.74, 6) is -0.289. The van der Waals surface area contributed by atoms with Crippen molar-refractivity contribution < 1.29 is 9.53 Å². The molecule has 0 aliphatic heterocycles. The van der Waals surface area contributed by atoms with Gasteiger partial charge in [0.2, 0.25) is 0 Å². The van der Waals surface area contributed by atoms with Crippen molar-refractivity contribution in [2.75, 3.05) is 12.3 Å². The smallest absolute Gasteiger partial charge is 0.338 e. The van der Waals surface area contributed by atoms with E-state index in [1.54, 1.807) is 24.3 Å². The van der Waals surface area contributed by atoms with Crippen LogP contribution in [0.1, 0.15) is 49.4 Å². The van der Waals surface area contributed by atoms with E-state index < -0.39 is 0 Å². The minimum absolute atomic E-state index is 0.123. The third-order valence-electron chi connectivity index (χ3n) is 3.75. The average molecular weight is 276 g/mol. The topological polar surface area (TPSA) is 64.3 Å². The van der Waals surface area contributed by atoms with Crippen LogP contribution in [0.3, 0.4) is 0 Å². The molecule has 0 aromatic heterocycles. The molecule has 0 heterocycles. The maximum Gasteiger partial charge on any atom is 0.338 e. The quantitative estimate of drug-likeness (QED) is 0.641. The average Bonchev–Trinajstić information content (AvgIpc) is 2.47. The van der Waals surface area contributed by atoms with E-state index in [1.165, 1.54) is 32.1 Å². The van der Waals surface area contributed by atoms with Crippen molar-refractivity contribution in [3.8, 4) is 0 Å². The van der Waals surface area contributed by atoms with Crippen LogP contribution in [0, 0.1) is 0 Å². The number of carbonyl (C=O) groups is 1. The van der Waals surface area contributed by atoms with Crippen molar-refractivity contribution in [1.82, 2.24) is 5.32 Å². The molecule has 4 nitrogen and oxygen atoms in total. The van der Waals surface area contributed by atoms with E-state index in [2.05, 4.69) is 5.32 Å². The van der Waals surface area contributed by atoms with Gasteiger partial charge in [-0.25, -0.2) is 4.79 Å². The molecule has 3 N–H and O–H groups in total. The molecule has 1 aliphatic rings. The summed E-state index contributed by atoms with van der Waals surface area (Å²) in [6, 6.07) is 7.39. The number of esters is 1. The molecular weight excluding hydrogens is 252 g/mol. The first-order chi connectivity index (χ1) is 9.65. The molecule has 1 aromatic rings. The predicted octanol–water partition coefficient (Wildman–Crippen LogP) is 2.74. The van der Waals surface area contributed by atoms with Crippen LogP contribution >= 0.6 is 0 Å². The zero-order chi connectivity index (χ0) is 14.4. The largest absolute Gasteiger partial charge is 0.458 e. The maximum absolute atomic E-state index is 11.9. The summed E-state index contributed by atoms with van der Waals surface area (Å²) in [5, 5.41) is 3.49. The Bertz CT molecular complexity index is 425. The fraction of sp³-hybridized carbons (Fsp3) is 0.562. The maximum atomic E-state index is 11.9. The summed E-state index contributed by atoms with van der Waals surface area (Å²) in [6.45, 7) is 2.64. The van der Waals surface area contributed by atoms with E-state index in [9.17, 15) is 4.79 Å². The third-order valence-corrected chi connectivity index (χ3v) is 3.75. The van der Waals surface area contributed by atoms with Gasteiger partial charge in [-0.3, -0.25) is 0 Å². The number of rotatable bonds is 5. The van der Waals surface area contributed by atoms with E-state index in [4.69, 9.17) is 10.5 Å². The molecule has 0 bridgehead atoms. The van der Waals surface area contributed by atoms with Gasteiger partial charge in [0.05, 0.1) is 5.56 Å². The van der Waals surface area contributed by atoms with Crippen LogP contribution in [0.15, 0.2) is 24.3 Å². The van der Waals surface area contributed by atoms with Crippen LogP contribution in [0.25, 0.3) is 0 Å². The Morgan fingerprint density at radius 2 is 1.95 bits per heavy atom. The van der Waals surface area contributed by atoms with Crippen molar-refractivity contribution in [2.45, 2.75) is 51.2 Å². The second-order valence-electron chi connectivity index (χ2n) is 5.58. The molecule has 4 heteroatoms. The molecule has 1 fully saturated rings. The molecule has 0 saturated heterocycles. The Morgan fingerprint density at radius 1 is 1.30 bits per heavy atom. The van der Waals surface area contributed by atoms with Crippen molar-refractivity contribution in [1.29, 1.82) is 0 Å². The SMILES string of the molecule is C[C@H](CNC1CCCCC1)OC(=O)c1ccc(N)cc1. The predicted molar refractivity (Wildman–Crippen MR) is 80.6 cm³/mol. The molecule has 0 unspecified atom stereocenters. The van der Waals surface area contributed by atoms with Crippen molar-refractivity contribution in [3.63, 3.8) is 0 Å². The number of hydrogen-bond acceptors (Lipinski definition) is 4. The van der Waals surface area contributed by atoms with Crippen LogP contribution in [0.5, 0.6) is 0 Å². The first-order valence-electron chi connectivity index (χ1n) is 7.45. The molecule has 1 aliphatic carbocycles. The van der Waals surface area contributed by atoms with Crippen LogP contribution in [-0.2, 0) is 4.74 Å². The molecule has 1 saturated carbocycles. The van der Waals surface area contributed by atoms with Crippen LogP contribution in [0.4, 0.5) is 5.69 Å². The van der Waals surface area contributed by atoms with Crippen molar-refractivity contribution in [2.24, 2.45) is 0 Å². The summed E-state index contributed by atoms with van der Waals surface area (Å²) < 4.78 is 5.43. The Morgan fingerprint density at radius 3 is 2.60 bits per heavy atom. The van der Waals surface area contributed by atoms with Gasteiger partial charge in [-0.15, -0.1) is 0 Å². The molecule has 0 radical (unpaired) electrons. The lowest BCUT2D eigenvalue weighted by Gasteiger charge is -2.24. The van der Waals surface area contributed by atoms with Crippen LogP contribution in [0.2, 0.25) is 0 Å². The minimum atomic E-state index is -0.289. The van der Waals surface area contributed by atoms with Gasteiger partial charge in [0, 0.05) is 18.3 Å². The zero-order valence-electron chi connectivity index (χ0n) is 12.1. The second kappa shape index (κ2) is 7.29. The highest BCUT2D eigenvalue weighted by Gasteiger charge is 2.16. The van der Waals surface area contributed by atoms with Crippen LogP contribution in [-0.4, -0.2) is 24.7 Å². The fourth-order valence-corrected chi connectivity index (χ4v) is 2.55. The number of nitrogens with one attached hydrogen (secondary N) is 1. The second-order valence-corrected chi connectivity index (χ2v) is 5.58. The van der Waals surface area contributed by atoms with E-state index in [-0.39, 0.29) is 12.1 Å². The van der Waals surface area contributed by atoms with E-state index in [0.29, 0.717) is 23.8 Å². The van der Waals surface area contributed by atoms with E-state index in [0.717, 1.165) is 0 Å². The fourth-order valence-electron chi connectivity index (χ4n) is 2.55.